The maximum atomic E-state index is 8.91. The highest BCUT2D eigenvalue weighted by atomic mass is 79.9. The van der Waals surface area contributed by atoms with Crippen LogP contribution in [-0.2, 0) is 4.74 Å². The lowest BCUT2D eigenvalue weighted by atomic mass is 10.1. The third kappa shape index (κ3) is 3.01. The molecule has 104 valence electrons. The van der Waals surface area contributed by atoms with Crippen molar-refractivity contribution in [2.75, 3.05) is 24.7 Å². The molecule has 0 aromatic heterocycles. The van der Waals surface area contributed by atoms with Crippen LogP contribution in [0, 0.1) is 0 Å². The van der Waals surface area contributed by atoms with Crippen molar-refractivity contribution >= 4 is 27.5 Å². The molecule has 0 saturated carbocycles. The number of nitrogens with two attached hydrogens (primary N) is 1. The highest BCUT2D eigenvalue weighted by Gasteiger charge is 2.24. The van der Waals surface area contributed by atoms with Crippen molar-refractivity contribution in [1.82, 2.24) is 0 Å². The number of rotatable bonds is 3. The summed E-state index contributed by atoms with van der Waals surface area (Å²) in [5, 5.41) is 12.0. The summed E-state index contributed by atoms with van der Waals surface area (Å²) in [6.45, 7) is 4.34. The Morgan fingerprint density at radius 3 is 3.11 bits per heavy atom. The summed E-state index contributed by atoms with van der Waals surface area (Å²) in [5.74, 6) is 0.129. The standard InChI is InChI=1S/C13H18BrN3O2/c1-2-10-8-19-6-5-17(10)12-7-9(14)3-4-11(12)13(15)16-18/h3-4,7,10,18H,2,5-6,8H2,1H3,(H2,15,16). The fraction of sp³-hybridized carbons (Fsp3) is 0.462. The SMILES string of the molecule is CCC1COCCN1c1cc(Br)ccc1/C(N)=N/O. The lowest BCUT2D eigenvalue weighted by molar-refractivity contribution is 0.0930. The zero-order valence-electron chi connectivity index (χ0n) is 10.8. The third-order valence-electron chi connectivity index (χ3n) is 3.35. The molecule has 1 aliphatic rings. The van der Waals surface area contributed by atoms with Crippen LogP contribution in [0.3, 0.4) is 0 Å². The maximum Gasteiger partial charge on any atom is 0.172 e. The van der Waals surface area contributed by atoms with E-state index in [1.54, 1.807) is 0 Å². The third-order valence-corrected chi connectivity index (χ3v) is 3.84. The van der Waals surface area contributed by atoms with Gasteiger partial charge in [0.25, 0.3) is 0 Å². The van der Waals surface area contributed by atoms with Crippen molar-refractivity contribution in [2.45, 2.75) is 19.4 Å². The number of amidine groups is 1. The molecule has 0 bridgehead atoms. The van der Waals surface area contributed by atoms with E-state index in [-0.39, 0.29) is 5.84 Å². The molecule has 1 aliphatic heterocycles. The average molecular weight is 328 g/mol. The highest BCUT2D eigenvalue weighted by Crippen LogP contribution is 2.28. The van der Waals surface area contributed by atoms with Gasteiger partial charge in [0.05, 0.1) is 19.3 Å². The van der Waals surface area contributed by atoms with Crippen LogP contribution in [0.2, 0.25) is 0 Å². The van der Waals surface area contributed by atoms with E-state index in [1.807, 2.05) is 18.2 Å². The van der Waals surface area contributed by atoms with Gasteiger partial charge in [0.1, 0.15) is 0 Å². The predicted octanol–water partition coefficient (Wildman–Crippen LogP) is 2.16. The van der Waals surface area contributed by atoms with Crippen LogP contribution in [0.25, 0.3) is 0 Å². The molecular formula is C13H18BrN3O2. The van der Waals surface area contributed by atoms with Crippen molar-refractivity contribution < 1.29 is 9.94 Å². The first-order chi connectivity index (χ1) is 9.17. The molecule has 0 radical (unpaired) electrons. The van der Waals surface area contributed by atoms with Gasteiger partial charge in [-0.25, -0.2) is 0 Å². The molecule has 1 fully saturated rings. The Morgan fingerprint density at radius 2 is 2.42 bits per heavy atom. The van der Waals surface area contributed by atoms with E-state index in [0.29, 0.717) is 19.3 Å². The highest BCUT2D eigenvalue weighted by molar-refractivity contribution is 9.10. The van der Waals surface area contributed by atoms with Crippen LogP contribution in [-0.4, -0.2) is 36.8 Å². The quantitative estimate of drug-likeness (QED) is 0.386. The number of hydrogen-bond acceptors (Lipinski definition) is 4. The summed E-state index contributed by atoms with van der Waals surface area (Å²) in [7, 11) is 0. The van der Waals surface area contributed by atoms with Crippen LogP contribution in [0.1, 0.15) is 18.9 Å². The Balaban J connectivity index is 2.44. The van der Waals surface area contributed by atoms with Gasteiger partial charge in [-0.1, -0.05) is 28.0 Å². The summed E-state index contributed by atoms with van der Waals surface area (Å²) in [4.78, 5) is 2.27. The molecule has 1 aromatic carbocycles. The number of anilines is 1. The van der Waals surface area contributed by atoms with E-state index < -0.39 is 0 Å². The molecule has 5 nitrogen and oxygen atoms in total. The minimum atomic E-state index is 0.129. The van der Waals surface area contributed by atoms with Crippen molar-refractivity contribution in [3.05, 3.63) is 28.2 Å². The molecule has 6 heteroatoms. The van der Waals surface area contributed by atoms with Crippen LogP contribution < -0.4 is 10.6 Å². The van der Waals surface area contributed by atoms with Gasteiger partial charge in [-0.2, -0.15) is 0 Å². The first kappa shape index (κ1) is 14.1. The van der Waals surface area contributed by atoms with Crippen molar-refractivity contribution in [3.8, 4) is 0 Å². The molecule has 0 aliphatic carbocycles. The Hall–Kier alpha value is -1.27. The molecule has 2 rings (SSSR count). The van der Waals surface area contributed by atoms with Crippen molar-refractivity contribution in [3.63, 3.8) is 0 Å². The number of halogens is 1. The summed E-state index contributed by atoms with van der Waals surface area (Å²) in [6, 6.07) is 6.06. The van der Waals surface area contributed by atoms with Gasteiger partial charge in [-0.15, -0.1) is 0 Å². The monoisotopic (exact) mass is 327 g/mol. The Kier molecular flexibility index (Phi) is 4.66. The van der Waals surface area contributed by atoms with Crippen molar-refractivity contribution in [1.29, 1.82) is 0 Å². The second-order valence-electron chi connectivity index (χ2n) is 4.48. The topological polar surface area (TPSA) is 71.1 Å². The van der Waals surface area contributed by atoms with Crippen LogP contribution in [0.5, 0.6) is 0 Å². The number of nitrogens with zero attached hydrogens (tertiary/aromatic N) is 2. The number of morpholine rings is 1. The minimum absolute atomic E-state index is 0.129. The average Bonchev–Trinajstić information content (AvgIpc) is 2.46. The fourth-order valence-corrected chi connectivity index (χ4v) is 2.67. The van der Waals surface area contributed by atoms with Gasteiger partial charge < -0.3 is 20.6 Å². The van der Waals surface area contributed by atoms with Gasteiger partial charge in [0.2, 0.25) is 0 Å². The van der Waals surface area contributed by atoms with Gasteiger partial charge in [-0.05, 0) is 24.6 Å². The number of oxime groups is 1. The molecule has 19 heavy (non-hydrogen) atoms. The molecule has 0 spiro atoms. The van der Waals surface area contributed by atoms with Crippen molar-refractivity contribution in [2.24, 2.45) is 10.9 Å². The molecule has 0 amide bonds. The van der Waals surface area contributed by atoms with Gasteiger partial charge in [0, 0.05) is 22.3 Å². The second kappa shape index (κ2) is 6.25. The van der Waals surface area contributed by atoms with Gasteiger partial charge in [0.15, 0.2) is 5.84 Å². The summed E-state index contributed by atoms with van der Waals surface area (Å²) in [5.41, 5.74) is 7.48. The summed E-state index contributed by atoms with van der Waals surface area (Å²) < 4.78 is 6.49. The molecule has 1 unspecified atom stereocenters. The number of ether oxygens (including phenoxy) is 1. The van der Waals surface area contributed by atoms with E-state index in [1.165, 1.54) is 0 Å². The molecule has 1 aromatic rings. The largest absolute Gasteiger partial charge is 0.409 e. The van der Waals surface area contributed by atoms with Gasteiger partial charge in [-0.3, -0.25) is 0 Å². The van der Waals surface area contributed by atoms with E-state index in [4.69, 9.17) is 15.7 Å². The van der Waals surface area contributed by atoms with Crippen LogP contribution in [0.4, 0.5) is 5.69 Å². The number of benzene rings is 1. The maximum absolute atomic E-state index is 8.91. The Bertz CT molecular complexity index is 479. The second-order valence-corrected chi connectivity index (χ2v) is 5.39. The lowest BCUT2D eigenvalue weighted by Gasteiger charge is -2.38. The van der Waals surface area contributed by atoms with Crippen LogP contribution >= 0.6 is 15.9 Å². The van der Waals surface area contributed by atoms with Gasteiger partial charge >= 0.3 is 0 Å². The Labute approximate surface area is 121 Å². The summed E-state index contributed by atoms with van der Waals surface area (Å²) in [6.07, 6.45) is 0.988. The zero-order valence-corrected chi connectivity index (χ0v) is 12.4. The molecule has 1 atom stereocenters. The fourth-order valence-electron chi connectivity index (χ4n) is 2.32. The molecule has 1 saturated heterocycles. The van der Waals surface area contributed by atoms with E-state index in [9.17, 15) is 0 Å². The van der Waals surface area contributed by atoms with E-state index >= 15 is 0 Å². The molecule has 1 heterocycles. The lowest BCUT2D eigenvalue weighted by Crippen LogP contribution is -2.46. The smallest absolute Gasteiger partial charge is 0.172 e. The summed E-state index contributed by atoms with van der Waals surface area (Å²) >= 11 is 3.47. The molecule has 3 N–H and O–H groups in total. The predicted molar refractivity (Wildman–Crippen MR) is 78.9 cm³/mol. The molecular weight excluding hydrogens is 310 g/mol. The first-order valence-electron chi connectivity index (χ1n) is 6.29. The Morgan fingerprint density at radius 1 is 1.63 bits per heavy atom. The van der Waals surface area contributed by atoms with Crippen LogP contribution in [0.15, 0.2) is 27.8 Å². The first-order valence-corrected chi connectivity index (χ1v) is 7.08. The minimum Gasteiger partial charge on any atom is -0.409 e. The normalized spacial score (nSPS) is 20.6. The number of hydrogen-bond donors (Lipinski definition) is 2. The zero-order chi connectivity index (χ0) is 13.8. The van der Waals surface area contributed by atoms with E-state index in [2.05, 4.69) is 32.9 Å². The van der Waals surface area contributed by atoms with E-state index in [0.717, 1.165) is 28.7 Å².